The number of nitrogens with zero attached hydrogens (tertiary/aromatic N) is 1. The van der Waals surface area contributed by atoms with Crippen molar-refractivity contribution in [2.45, 2.75) is 44.8 Å². The third-order valence-corrected chi connectivity index (χ3v) is 3.85. The van der Waals surface area contributed by atoms with Crippen molar-refractivity contribution in [3.63, 3.8) is 0 Å². The molecule has 0 aliphatic heterocycles. The minimum atomic E-state index is -1.20. The van der Waals surface area contributed by atoms with E-state index in [4.69, 9.17) is 4.74 Å². The van der Waals surface area contributed by atoms with Gasteiger partial charge in [0, 0.05) is 12.7 Å². The van der Waals surface area contributed by atoms with Crippen molar-refractivity contribution in [1.82, 2.24) is 10.3 Å². The van der Waals surface area contributed by atoms with Gasteiger partial charge in [-0.1, -0.05) is 24.8 Å². The van der Waals surface area contributed by atoms with Crippen LogP contribution in [-0.4, -0.2) is 28.3 Å². The number of rotatable bonds is 6. The largest absolute Gasteiger partial charge is 0.444 e. The highest BCUT2D eigenvalue weighted by Gasteiger charge is 2.48. The number of aromatic nitrogens is 1. The maximum absolute atomic E-state index is 11.9. The fraction of sp³-hybridized carbons (Fsp3) is 0.474. The van der Waals surface area contributed by atoms with Gasteiger partial charge < -0.3 is 15.2 Å². The van der Waals surface area contributed by atoms with Gasteiger partial charge in [0.15, 0.2) is 0 Å². The molecule has 130 valence electrons. The zero-order valence-corrected chi connectivity index (χ0v) is 14.6. The topological polar surface area (TPSA) is 71.5 Å². The predicted octanol–water partition coefficient (Wildman–Crippen LogP) is 3.32. The molecule has 1 fully saturated rings. The SMILES string of the molecule is C=C/C=C(/CNC(=O)OC(C)(C)C)[C@](O)(c1ccccn1)C1CC1. The molecule has 2 N–H and O–H groups in total. The van der Waals surface area contributed by atoms with Crippen LogP contribution < -0.4 is 5.32 Å². The fourth-order valence-corrected chi connectivity index (χ4v) is 2.67. The van der Waals surface area contributed by atoms with Crippen molar-refractivity contribution in [2.24, 2.45) is 5.92 Å². The number of ether oxygens (including phenoxy) is 1. The van der Waals surface area contributed by atoms with Gasteiger partial charge in [0.2, 0.25) is 0 Å². The normalized spacial score (nSPS) is 17.8. The summed E-state index contributed by atoms with van der Waals surface area (Å²) in [6.45, 7) is 9.31. The van der Waals surface area contributed by atoms with E-state index in [9.17, 15) is 9.90 Å². The summed E-state index contributed by atoms with van der Waals surface area (Å²) < 4.78 is 5.26. The minimum Gasteiger partial charge on any atom is -0.444 e. The van der Waals surface area contributed by atoms with Crippen LogP contribution in [-0.2, 0) is 10.3 Å². The summed E-state index contributed by atoms with van der Waals surface area (Å²) in [6, 6.07) is 5.47. The Morgan fingerprint density at radius 3 is 2.67 bits per heavy atom. The summed E-state index contributed by atoms with van der Waals surface area (Å²) in [6.07, 6.45) is 6.35. The lowest BCUT2D eigenvalue weighted by atomic mass is 9.84. The second-order valence-corrected chi connectivity index (χ2v) is 7.04. The first-order valence-corrected chi connectivity index (χ1v) is 8.20. The summed E-state index contributed by atoms with van der Waals surface area (Å²) in [4.78, 5) is 16.3. The summed E-state index contributed by atoms with van der Waals surface area (Å²) in [5, 5.41) is 14.1. The zero-order chi connectivity index (χ0) is 17.8. The number of hydrogen-bond donors (Lipinski definition) is 2. The molecule has 5 heteroatoms. The van der Waals surface area contributed by atoms with E-state index in [1.165, 1.54) is 0 Å². The number of amides is 1. The second kappa shape index (κ2) is 7.18. The van der Waals surface area contributed by atoms with Crippen molar-refractivity contribution in [3.8, 4) is 0 Å². The molecule has 1 heterocycles. The van der Waals surface area contributed by atoms with Crippen molar-refractivity contribution >= 4 is 6.09 Å². The van der Waals surface area contributed by atoms with Crippen LogP contribution in [0.2, 0.25) is 0 Å². The summed E-state index contributed by atoms with van der Waals surface area (Å²) in [5.41, 5.74) is -0.527. The van der Waals surface area contributed by atoms with Crippen molar-refractivity contribution in [3.05, 3.63) is 54.4 Å². The summed E-state index contributed by atoms with van der Waals surface area (Å²) in [5.74, 6) is 0.0963. The smallest absolute Gasteiger partial charge is 0.407 e. The molecule has 1 aliphatic carbocycles. The van der Waals surface area contributed by atoms with Crippen LogP contribution in [0.4, 0.5) is 4.79 Å². The highest BCUT2D eigenvalue weighted by Crippen LogP contribution is 2.49. The van der Waals surface area contributed by atoms with Gasteiger partial charge in [-0.15, -0.1) is 0 Å². The Hall–Kier alpha value is -2.14. The monoisotopic (exact) mass is 330 g/mol. The van der Waals surface area contributed by atoms with Gasteiger partial charge >= 0.3 is 6.09 Å². The van der Waals surface area contributed by atoms with Gasteiger partial charge in [0.05, 0.1) is 5.69 Å². The molecule has 2 rings (SSSR count). The fourth-order valence-electron chi connectivity index (χ4n) is 2.67. The first-order chi connectivity index (χ1) is 11.3. The first kappa shape index (κ1) is 18.2. The molecule has 0 aromatic carbocycles. The average molecular weight is 330 g/mol. The Kier molecular flexibility index (Phi) is 5.44. The Morgan fingerprint density at radius 2 is 2.17 bits per heavy atom. The molecule has 0 spiro atoms. The van der Waals surface area contributed by atoms with Gasteiger partial charge in [-0.2, -0.15) is 0 Å². The molecule has 24 heavy (non-hydrogen) atoms. The molecule has 1 saturated carbocycles. The van der Waals surface area contributed by atoms with Crippen LogP contribution in [0.3, 0.4) is 0 Å². The van der Waals surface area contributed by atoms with Crippen molar-refractivity contribution in [1.29, 1.82) is 0 Å². The number of allylic oxidation sites excluding steroid dienone is 2. The summed E-state index contributed by atoms with van der Waals surface area (Å²) >= 11 is 0. The Balaban J connectivity index is 2.20. The predicted molar refractivity (Wildman–Crippen MR) is 93.4 cm³/mol. The van der Waals surface area contributed by atoms with Crippen LogP contribution in [0.25, 0.3) is 0 Å². The molecule has 1 aliphatic rings. The van der Waals surface area contributed by atoms with E-state index in [0.29, 0.717) is 11.3 Å². The van der Waals surface area contributed by atoms with Crippen molar-refractivity contribution in [2.75, 3.05) is 6.54 Å². The third-order valence-electron chi connectivity index (χ3n) is 3.85. The molecule has 0 saturated heterocycles. The Morgan fingerprint density at radius 1 is 1.46 bits per heavy atom. The van der Waals surface area contributed by atoms with Crippen molar-refractivity contribution < 1.29 is 14.6 Å². The minimum absolute atomic E-state index is 0.0963. The van der Waals surface area contributed by atoms with E-state index >= 15 is 0 Å². The molecule has 5 nitrogen and oxygen atoms in total. The van der Waals surface area contributed by atoms with Crippen LogP contribution >= 0.6 is 0 Å². The average Bonchev–Trinajstić information content (AvgIpc) is 3.35. The Labute approximate surface area is 143 Å². The van der Waals surface area contributed by atoms with Gasteiger partial charge in [-0.05, 0) is 57.2 Å². The molecular weight excluding hydrogens is 304 g/mol. The molecule has 1 aromatic rings. The molecule has 0 radical (unpaired) electrons. The lowest BCUT2D eigenvalue weighted by Crippen LogP contribution is -2.40. The molecule has 1 atom stereocenters. The number of carbonyl (C=O) groups is 1. The quantitative estimate of drug-likeness (QED) is 0.785. The Bertz CT molecular complexity index is 615. The first-order valence-electron chi connectivity index (χ1n) is 8.20. The zero-order valence-electron chi connectivity index (χ0n) is 14.6. The maximum atomic E-state index is 11.9. The number of aliphatic hydroxyl groups is 1. The van der Waals surface area contributed by atoms with E-state index in [-0.39, 0.29) is 12.5 Å². The van der Waals surface area contributed by atoms with E-state index < -0.39 is 17.3 Å². The van der Waals surface area contributed by atoms with Gasteiger partial charge in [-0.25, -0.2) is 4.79 Å². The number of nitrogens with one attached hydrogen (secondary N) is 1. The highest BCUT2D eigenvalue weighted by molar-refractivity contribution is 5.68. The highest BCUT2D eigenvalue weighted by atomic mass is 16.6. The van der Waals surface area contributed by atoms with Crippen LogP contribution in [0.1, 0.15) is 39.3 Å². The maximum Gasteiger partial charge on any atom is 0.407 e. The lowest BCUT2D eigenvalue weighted by molar-refractivity contribution is 0.0403. The van der Waals surface area contributed by atoms with Gasteiger partial charge in [-0.3, -0.25) is 4.98 Å². The van der Waals surface area contributed by atoms with Gasteiger partial charge in [0.25, 0.3) is 0 Å². The van der Waals surface area contributed by atoms with Crippen LogP contribution in [0.15, 0.2) is 48.7 Å². The molecular formula is C19H26N2O3. The lowest BCUT2D eigenvalue weighted by Gasteiger charge is -2.31. The summed E-state index contributed by atoms with van der Waals surface area (Å²) in [7, 11) is 0. The second-order valence-electron chi connectivity index (χ2n) is 7.04. The molecule has 0 unspecified atom stereocenters. The van der Waals surface area contributed by atoms with Gasteiger partial charge in [0.1, 0.15) is 11.2 Å². The van der Waals surface area contributed by atoms with E-state index in [2.05, 4.69) is 16.9 Å². The number of hydrogen-bond acceptors (Lipinski definition) is 4. The van der Waals surface area contributed by atoms with Crippen LogP contribution in [0, 0.1) is 5.92 Å². The molecule has 1 amide bonds. The number of carbonyl (C=O) groups excluding carboxylic acids is 1. The standard InChI is InChI=1S/C19H26N2O3/c1-5-8-15(13-21-17(22)24-18(2,3)4)19(23,14-10-11-14)16-9-6-7-12-20-16/h5-9,12,14,23H,1,10-11,13H2,2-4H3,(H,21,22)/b15-8-/t19-/m0/s1. The van der Waals surface area contributed by atoms with E-state index in [1.54, 1.807) is 18.3 Å². The van der Waals surface area contributed by atoms with Crippen LogP contribution in [0.5, 0.6) is 0 Å². The number of alkyl carbamates (subject to hydrolysis) is 1. The third kappa shape index (κ3) is 4.45. The molecule has 1 aromatic heterocycles. The van der Waals surface area contributed by atoms with E-state index in [1.807, 2.05) is 39.0 Å². The number of pyridine rings is 1. The van der Waals surface area contributed by atoms with E-state index in [0.717, 1.165) is 12.8 Å². The molecule has 0 bridgehead atoms.